The van der Waals surface area contributed by atoms with Gasteiger partial charge in [0.25, 0.3) is 5.91 Å². The average Bonchev–Trinajstić information content (AvgIpc) is 3.07. The Kier molecular flexibility index (Phi) is 4.97. The number of carbonyl (C=O) groups is 1. The van der Waals surface area contributed by atoms with E-state index in [1.807, 2.05) is 30.3 Å². The van der Waals surface area contributed by atoms with Gasteiger partial charge in [-0.3, -0.25) is 4.79 Å². The Hall–Kier alpha value is -2.18. The van der Waals surface area contributed by atoms with E-state index >= 15 is 0 Å². The lowest BCUT2D eigenvalue weighted by atomic mass is 9.77. The maximum atomic E-state index is 12.3. The van der Waals surface area contributed by atoms with Gasteiger partial charge in [0.1, 0.15) is 16.9 Å². The van der Waals surface area contributed by atoms with Crippen LogP contribution in [0.4, 0.5) is 0 Å². The van der Waals surface area contributed by atoms with Crippen molar-refractivity contribution in [1.82, 2.24) is 10.5 Å². The molecular weight excluding hydrogens is 308 g/mol. The van der Waals surface area contributed by atoms with Crippen LogP contribution in [0, 0.1) is 12.8 Å². The lowest BCUT2D eigenvalue weighted by molar-refractivity contribution is -0.0680. The van der Waals surface area contributed by atoms with E-state index in [0.29, 0.717) is 24.5 Å². The maximum absolute atomic E-state index is 12.3. The normalized spacial score (nSPS) is 18.1. The van der Waals surface area contributed by atoms with Gasteiger partial charge in [0.05, 0.1) is 12.7 Å². The molecule has 1 amide bonds. The summed E-state index contributed by atoms with van der Waals surface area (Å²) in [6.45, 7) is 3.06. The van der Waals surface area contributed by atoms with Crippen LogP contribution < -0.4 is 5.32 Å². The molecule has 0 bridgehead atoms. The van der Waals surface area contributed by atoms with Crippen LogP contribution in [0.25, 0.3) is 0 Å². The summed E-state index contributed by atoms with van der Waals surface area (Å²) in [6, 6.07) is 9.49. The molecule has 2 heterocycles. The molecule has 1 aliphatic rings. The molecule has 1 saturated heterocycles. The summed E-state index contributed by atoms with van der Waals surface area (Å²) in [5.41, 5.74) is 0.0582. The van der Waals surface area contributed by atoms with Crippen molar-refractivity contribution in [3.05, 3.63) is 53.4 Å². The molecule has 0 radical (unpaired) electrons. The van der Waals surface area contributed by atoms with E-state index in [2.05, 4.69) is 10.5 Å². The summed E-state index contributed by atoms with van der Waals surface area (Å²) in [5, 5.41) is 17.9. The van der Waals surface area contributed by atoms with Crippen LogP contribution in [0.5, 0.6) is 0 Å². The van der Waals surface area contributed by atoms with Crippen LogP contribution in [-0.2, 0) is 10.3 Å². The molecule has 0 spiro atoms. The lowest BCUT2D eigenvalue weighted by Crippen LogP contribution is -2.47. The van der Waals surface area contributed by atoms with Gasteiger partial charge in [0, 0.05) is 13.2 Å². The van der Waals surface area contributed by atoms with Gasteiger partial charge < -0.3 is 19.7 Å². The van der Waals surface area contributed by atoms with Crippen LogP contribution in [0.2, 0.25) is 0 Å². The molecule has 6 heteroatoms. The largest absolute Gasteiger partial charge is 0.383 e. The van der Waals surface area contributed by atoms with E-state index in [-0.39, 0.29) is 18.4 Å². The van der Waals surface area contributed by atoms with Crippen LogP contribution in [-0.4, -0.2) is 35.9 Å². The minimum Gasteiger partial charge on any atom is -0.383 e. The van der Waals surface area contributed by atoms with E-state index in [4.69, 9.17) is 9.26 Å². The molecule has 1 fully saturated rings. The number of nitrogens with zero attached hydrogens (tertiary/aromatic N) is 1. The monoisotopic (exact) mass is 330 g/mol. The minimum absolute atomic E-state index is 0.0255. The molecule has 1 aromatic heterocycles. The van der Waals surface area contributed by atoms with Crippen LogP contribution in [0.3, 0.4) is 0 Å². The van der Waals surface area contributed by atoms with Gasteiger partial charge in [-0.15, -0.1) is 0 Å². The molecule has 6 nitrogen and oxygen atoms in total. The number of nitrogens with one attached hydrogen (secondary N) is 1. The zero-order valence-corrected chi connectivity index (χ0v) is 13.7. The van der Waals surface area contributed by atoms with Crippen LogP contribution >= 0.6 is 0 Å². The van der Waals surface area contributed by atoms with Crippen molar-refractivity contribution in [2.24, 2.45) is 5.92 Å². The van der Waals surface area contributed by atoms with Crippen molar-refractivity contribution in [2.75, 3.05) is 19.8 Å². The fourth-order valence-corrected chi connectivity index (χ4v) is 3.21. The molecule has 2 N–H and O–H groups in total. The number of carbonyl (C=O) groups excluding carboxylic acids is 1. The Morgan fingerprint density at radius 3 is 2.67 bits per heavy atom. The molecule has 1 atom stereocenters. The maximum Gasteiger partial charge on any atom is 0.256 e. The first-order valence-corrected chi connectivity index (χ1v) is 8.16. The average molecular weight is 330 g/mol. The summed E-state index contributed by atoms with van der Waals surface area (Å²) in [4.78, 5) is 12.3. The van der Waals surface area contributed by atoms with Crippen molar-refractivity contribution in [1.29, 1.82) is 0 Å². The first-order valence-electron chi connectivity index (χ1n) is 8.16. The van der Waals surface area contributed by atoms with Crippen LogP contribution in [0.15, 0.2) is 41.1 Å². The number of aryl methyl sites for hydroxylation is 1. The number of hydrogen-bond acceptors (Lipinski definition) is 5. The Bertz CT molecular complexity index is 679. The van der Waals surface area contributed by atoms with Gasteiger partial charge in [-0.2, -0.15) is 0 Å². The third-order valence-electron chi connectivity index (χ3n) is 4.68. The number of aliphatic hydroxyl groups is 1. The molecule has 1 aromatic carbocycles. The predicted molar refractivity (Wildman–Crippen MR) is 87.5 cm³/mol. The van der Waals surface area contributed by atoms with Crippen molar-refractivity contribution >= 4 is 5.91 Å². The first kappa shape index (κ1) is 16.7. The van der Waals surface area contributed by atoms with Gasteiger partial charge in [0.15, 0.2) is 0 Å². The number of benzene rings is 1. The van der Waals surface area contributed by atoms with Crippen molar-refractivity contribution < 1.29 is 19.2 Å². The Balaban J connectivity index is 1.80. The molecule has 0 unspecified atom stereocenters. The number of amides is 1. The summed E-state index contributed by atoms with van der Waals surface area (Å²) in [5.74, 6) is 0.189. The molecule has 2 aromatic rings. The third kappa shape index (κ3) is 3.34. The Labute approximate surface area is 140 Å². The minimum atomic E-state index is -1.13. The number of ether oxygens (including phenoxy) is 1. The van der Waals surface area contributed by atoms with E-state index in [1.54, 1.807) is 6.92 Å². The third-order valence-corrected chi connectivity index (χ3v) is 4.68. The quantitative estimate of drug-likeness (QED) is 0.876. The highest BCUT2D eigenvalue weighted by Gasteiger charge is 2.39. The van der Waals surface area contributed by atoms with E-state index in [9.17, 15) is 9.90 Å². The van der Waals surface area contributed by atoms with Crippen molar-refractivity contribution in [2.45, 2.75) is 25.4 Å². The first-order chi connectivity index (χ1) is 11.6. The Morgan fingerprint density at radius 1 is 1.33 bits per heavy atom. The topological polar surface area (TPSA) is 84.6 Å². The Morgan fingerprint density at radius 2 is 2.04 bits per heavy atom. The summed E-state index contributed by atoms with van der Waals surface area (Å²) in [6.07, 6.45) is 2.90. The van der Waals surface area contributed by atoms with Gasteiger partial charge in [-0.25, -0.2) is 0 Å². The summed E-state index contributed by atoms with van der Waals surface area (Å²) in [7, 11) is 0. The van der Waals surface area contributed by atoms with Gasteiger partial charge in [0.2, 0.25) is 0 Å². The molecule has 0 aliphatic carbocycles. The van der Waals surface area contributed by atoms with Crippen molar-refractivity contribution in [3.8, 4) is 0 Å². The highest BCUT2D eigenvalue weighted by molar-refractivity contribution is 5.94. The summed E-state index contributed by atoms with van der Waals surface area (Å²) >= 11 is 0. The zero-order chi connectivity index (χ0) is 17.0. The second-order valence-corrected chi connectivity index (χ2v) is 6.16. The second kappa shape index (κ2) is 7.15. The van der Waals surface area contributed by atoms with E-state index < -0.39 is 5.60 Å². The number of rotatable bonds is 5. The molecular formula is C18H22N2O4. The molecule has 3 rings (SSSR count). The highest BCUT2D eigenvalue weighted by Crippen LogP contribution is 2.35. The van der Waals surface area contributed by atoms with E-state index in [0.717, 1.165) is 18.4 Å². The van der Waals surface area contributed by atoms with Gasteiger partial charge in [-0.1, -0.05) is 35.5 Å². The van der Waals surface area contributed by atoms with Crippen molar-refractivity contribution in [3.63, 3.8) is 0 Å². The molecule has 24 heavy (non-hydrogen) atoms. The summed E-state index contributed by atoms with van der Waals surface area (Å²) < 4.78 is 10.3. The SMILES string of the molecule is Cc1oncc1C(=O)NC[C@](O)(c1ccccc1)C1CCOCC1. The highest BCUT2D eigenvalue weighted by atomic mass is 16.5. The number of hydrogen-bond donors (Lipinski definition) is 2. The number of aromatic nitrogens is 1. The van der Waals surface area contributed by atoms with Crippen LogP contribution in [0.1, 0.15) is 34.5 Å². The molecule has 128 valence electrons. The standard InChI is InChI=1S/C18H22N2O4/c1-13-16(11-20-24-13)17(21)19-12-18(22,14-5-3-2-4-6-14)15-7-9-23-10-8-15/h2-6,11,15,22H,7-10,12H2,1H3,(H,19,21)/t18-/m0/s1. The van der Waals surface area contributed by atoms with Gasteiger partial charge in [-0.05, 0) is 31.2 Å². The molecule has 0 saturated carbocycles. The fraction of sp³-hybridized carbons (Fsp3) is 0.444. The fourth-order valence-electron chi connectivity index (χ4n) is 3.21. The smallest absolute Gasteiger partial charge is 0.256 e. The predicted octanol–water partition coefficient (Wildman–Crippen LogP) is 2.03. The van der Waals surface area contributed by atoms with Gasteiger partial charge >= 0.3 is 0 Å². The lowest BCUT2D eigenvalue weighted by Gasteiger charge is -2.39. The second-order valence-electron chi connectivity index (χ2n) is 6.16. The zero-order valence-electron chi connectivity index (χ0n) is 13.7. The molecule has 1 aliphatic heterocycles. The van der Waals surface area contributed by atoms with E-state index in [1.165, 1.54) is 6.20 Å².